The summed E-state index contributed by atoms with van der Waals surface area (Å²) in [4.78, 5) is 28.0. The maximum absolute atomic E-state index is 13.9. The number of benzene rings is 3. The van der Waals surface area contributed by atoms with Gasteiger partial charge in [0, 0.05) is 24.0 Å². The molecule has 12 nitrogen and oxygen atoms in total. The molecule has 3 heterocycles. The van der Waals surface area contributed by atoms with Crippen molar-refractivity contribution < 1.29 is 54.8 Å². The van der Waals surface area contributed by atoms with Crippen molar-refractivity contribution in [1.82, 2.24) is 0 Å². The molecule has 242 valence electrons. The van der Waals surface area contributed by atoms with Crippen molar-refractivity contribution in [2.45, 2.75) is 67.8 Å². The minimum atomic E-state index is -1.95. The fraction of sp³-hybridized carbons (Fsp3) is 0.353. The van der Waals surface area contributed by atoms with Crippen LogP contribution in [0.25, 0.3) is 6.08 Å². The second-order valence-corrected chi connectivity index (χ2v) is 11.9. The van der Waals surface area contributed by atoms with Gasteiger partial charge >= 0.3 is 5.97 Å². The van der Waals surface area contributed by atoms with Crippen LogP contribution < -0.4 is 9.64 Å². The summed E-state index contributed by atoms with van der Waals surface area (Å²) in [5.41, 5.74) is 2.59. The normalized spacial score (nSPS) is 28.6. The van der Waals surface area contributed by atoms with E-state index in [1.165, 1.54) is 35.3 Å². The Kier molecular flexibility index (Phi) is 8.49. The number of anilines is 1. The summed E-state index contributed by atoms with van der Waals surface area (Å²) < 4.78 is 11.9. The Bertz CT molecular complexity index is 1640. The van der Waals surface area contributed by atoms with Crippen molar-refractivity contribution in [2.24, 2.45) is 0 Å². The highest BCUT2D eigenvalue weighted by Gasteiger charge is 2.58. The molecule has 1 fully saturated rings. The van der Waals surface area contributed by atoms with E-state index in [1.54, 1.807) is 12.1 Å². The van der Waals surface area contributed by atoms with Gasteiger partial charge in [-0.05, 0) is 60.2 Å². The van der Waals surface area contributed by atoms with E-state index >= 15 is 0 Å². The molecule has 0 aromatic heterocycles. The van der Waals surface area contributed by atoms with Crippen LogP contribution in [0, 0.1) is 0 Å². The molecule has 7 N–H and O–H groups in total. The molecule has 1 spiro atoms. The Hall–Kier alpha value is -4.46. The van der Waals surface area contributed by atoms with Crippen LogP contribution in [0.5, 0.6) is 17.2 Å². The lowest BCUT2D eigenvalue weighted by atomic mass is 9.84. The number of rotatable bonds is 7. The summed E-state index contributed by atoms with van der Waals surface area (Å²) >= 11 is 0. The van der Waals surface area contributed by atoms with Gasteiger partial charge in [0.25, 0.3) is 5.91 Å². The molecule has 0 bridgehead atoms. The number of aryl methyl sites for hydroxylation is 1. The number of ether oxygens (including phenoxy) is 2. The van der Waals surface area contributed by atoms with Crippen LogP contribution in [0.1, 0.15) is 41.0 Å². The first-order chi connectivity index (χ1) is 22.0. The van der Waals surface area contributed by atoms with E-state index in [2.05, 4.69) is 0 Å². The van der Waals surface area contributed by atoms with Crippen LogP contribution in [-0.4, -0.2) is 90.5 Å². The summed E-state index contributed by atoms with van der Waals surface area (Å²) in [6.45, 7) is -0.682. The van der Waals surface area contributed by atoms with Gasteiger partial charge in [-0.3, -0.25) is 9.69 Å². The zero-order valence-corrected chi connectivity index (χ0v) is 24.6. The van der Waals surface area contributed by atoms with E-state index in [4.69, 9.17) is 9.47 Å². The highest BCUT2D eigenvalue weighted by Crippen LogP contribution is 2.55. The van der Waals surface area contributed by atoms with Crippen LogP contribution in [-0.2, 0) is 27.2 Å². The molecule has 1 amide bonds. The molecule has 6 rings (SSSR count). The fourth-order valence-electron chi connectivity index (χ4n) is 6.78. The molecule has 7 atom stereocenters. The molecule has 3 aromatic carbocycles. The number of aliphatic hydroxyl groups excluding tert-OH is 4. The zero-order valence-electron chi connectivity index (χ0n) is 24.6. The van der Waals surface area contributed by atoms with Gasteiger partial charge in [0.1, 0.15) is 36.2 Å². The second-order valence-electron chi connectivity index (χ2n) is 11.9. The minimum absolute atomic E-state index is 0.0211. The minimum Gasteiger partial charge on any atom is -0.508 e. The summed E-state index contributed by atoms with van der Waals surface area (Å²) in [5.74, 6) is -5.03. The lowest BCUT2D eigenvalue weighted by Crippen LogP contribution is -2.68. The van der Waals surface area contributed by atoms with Gasteiger partial charge in [-0.2, -0.15) is 0 Å². The molecular weight excluding hydrogens is 598 g/mol. The first-order valence-corrected chi connectivity index (χ1v) is 15.0. The number of aromatic hydroxyl groups is 2. The Morgan fingerprint density at radius 3 is 2.39 bits per heavy atom. The number of phenolic OH excluding ortho intramolecular Hbond substituents is 2. The number of aliphatic carboxylic acids is 1. The van der Waals surface area contributed by atoms with Gasteiger partial charge in [-0.1, -0.05) is 42.5 Å². The summed E-state index contributed by atoms with van der Waals surface area (Å²) in [6.07, 6.45) is -2.89. The number of carbonyl (C=O) groups excluding carboxylic acids is 1. The number of phenols is 2. The molecular formula is C34H35NO11. The van der Waals surface area contributed by atoms with Gasteiger partial charge in [-0.25, -0.2) is 4.79 Å². The number of carboxylic acid groups (broad SMARTS) is 1. The number of aliphatic hydroxyl groups is 4. The van der Waals surface area contributed by atoms with E-state index in [9.17, 15) is 45.3 Å². The predicted octanol–water partition coefficient (Wildman–Crippen LogP) is 1.82. The molecule has 0 aliphatic carbocycles. The van der Waals surface area contributed by atoms with Crippen molar-refractivity contribution in [1.29, 1.82) is 0 Å². The fourth-order valence-corrected chi connectivity index (χ4v) is 6.78. The Morgan fingerprint density at radius 2 is 1.72 bits per heavy atom. The SMILES string of the molecule is O=C(O)C1C(CCc2ccccc2)c2cc(O)c3c(c2N1C(=O)C=Cc1ccc(O)cc1)CCC1(O3)OC(CO)C(O)C(O)C1O. The molecule has 3 aromatic rings. The lowest BCUT2D eigenvalue weighted by molar-refractivity contribution is -0.342. The maximum atomic E-state index is 13.9. The number of carbonyl (C=O) groups is 2. The Labute approximate surface area is 264 Å². The first-order valence-electron chi connectivity index (χ1n) is 15.0. The lowest BCUT2D eigenvalue weighted by Gasteiger charge is -2.50. The second kappa shape index (κ2) is 12.4. The number of fused-ring (bicyclic) bond motifs is 3. The third-order valence-electron chi connectivity index (χ3n) is 9.08. The topological polar surface area (TPSA) is 197 Å². The van der Waals surface area contributed by atoms with Gasteiger partial charge in [0.2, 0.25) is 5.79 Å². The summed E-state index contributed by atoms with van der Waals surface area (Å²) in [7, 11) is 0. The van der Waals surface area contributed by atoms with Crippen molar-refractivity contribution in [3.8, 4) is 17.2 Å². The maximum Gasteiger partial charge on any atom is 0.327 e. The summed E-state index contributed by atoms with van der Waals surface area (Å²) in [5, 5.41) is 72.9. The van der Waals surface area contributed by atoms with Crippen LogP contribution in [0.3, 0.4) is 0 Å². The smallest absolute Gasteiger partial charge is 0.327 e. The molecule has 12 heteroatoms. The van der Waals surface area contributed by atoms with Crippen molar-refractivity contribution in [2.75, 3.05) is 11.5 Å². The number of nitrogens with zero attached hydrogens (tertiary/aromatic N) is 1. The van der Waals surface area contributed by atoms with Gasteiger partial charge in [-0.15, -0.1) is 0 Å². The molecule has 0 radical (unpaired) electrons. The largest absolute Gasteiger partial charge is 0.508 e. The van der Waals surface area contributed by atoms with Gasteiger partial charge < -0.3 is 45.2 Å². The molecule has 46 heavy (non-hydrogen) atoms. The van der Waals surface area contributed by atoms with Crippen molar-refractivity contribution in [3.05, 3.63) is 89.0 Å². The number of carboxylic acids is 1. The summed E-state index contributed by atoms with van der Waals surface area (Å²) in [6, 6.07) is 15.6. The highest BCUT2D eigenvalue weighted by atomic mass is 16.7. The monoisotopic (exact) mass is 633 g/mol. The third kappa shape index (κ3) is 5.48. The predicted molar refractivity (Wildman–Crippen MR) is 163 cm³/mol. The van der Waals surface area contributed by atoms with E-state index in [-0.39, 0.29) is 35.8 Å². The average Bonchev–Trinajstić information content (AvgIpc) is 3.39. The van der Waals surface area contributed by atoms with E-state index < -0.39 is 60.6 Å². The van der Waals surface area contributed by atoms with Gasteiger partial charge in [0.05, 0.1) is 12.3 Å². The van der Waals surface area contributed by atoms with Gasteiger partial charge in [0.15, 0.2) is 11.5 Å². The number of hydrogen-bond donors (Lipinski definition) is 7. The molecule has 3 aliphatic rings. The Morgan fingerprint density at radius 1 is 1.00 bits per heavy atom. The standard InChI is InChI=1S/C34H35NO11/c36-17-25-29(40)30(41)32(42)34(45-25)15-14-22-27-23(16-24(38)31(22)46-34)21(12-8-18-4-2-1-3-5-18)28(33(43)44)35(27)26(39)13-9-19-6-10-20(37)11-7-19/h1-7,9-11,13,16,21,25,28-30,32,36-38,40-42H,8,12,14-15,17H2,(H,43,44). The molecule has 0 saturated carbocycles. The quantitative estimate of drug-likeness (QED) is 0.187. The van der Waals surface area contributed by atoms with Crippen molar-refractivity contribution >= 4 is 23.6 Å². The third-order valence-corrected chi connectivity index (χ3v) is 9.08. The molecule has 7 unspecified atom stereocenters. The van der Waals surface area contributed by atoms with E-state index in [1.807, 2.05) is 30.3 Å². The zero-order chi connectivity index (χ0) is 32.7. The van der Waals surface area contributed by atoms with Crippen LogP contribution >= 0.6 is 0 Å². The number of hydrogen-bond acceptors (Lipinski definition) is 10. The van der Waals surface area contributed by atoms with E-state index in [0.29, 0.717) is 29.5 Å². The molecule has 3 aliphatic heterocycles. The first kappa shape index (κ1) is 31.5. The van der Waals surface area contributed by atoms with Crippen LogP contribution in [0.4, 0.5) is 5.69 Å². The Balaban J connectivity index is 1.43. The van der Waals surface area contributed by atoms with E-state index in [0.717, 1.165) is 5.56 Å². The van der Waals surface area contributed by atoms with Crippen LogP contribution in [0.2, 0.25) is 0 Å². The van der Waals surface area contributed by atoms with Crippen LogP contribution in [0.15, 0.2) is 66.7 Å². The average molecular weight is 634 g/mol. The van der Waals surface area contributed by atoms with Crippen molar-refractivity contribution in [3.63, 3.8) is 0 Å². The number of amides is 1. The highest BCUT2D eigenvalue weighted by molar-refractivity contribution is 6.10. The molecule has 1 saturated heterocycles.